The zero-order chi connectivity index (χ0) is 6.24. The Labute approximate surface area is 73.6 Å². The van der Waals surface area contributed by atoms with Gasteiger partial charge in [0.25, 0.3) is 0 Å². The van der Waals surface area contributed by atoms with Crippen molar-refractivity contribution < 1.29 is 0 Å². The summed E-state index contributed by atoms with van der Waals surface area (Å²) in [6.07, 6.45) is 0. The van der Waals surface area contributed by atoms with Crippen molar-refractivity contribution in [1.29, 1.82) is 0 Å². The lowest BCUT2D eigenvalue weighted by atomic mass is 10.4. The standard InChI is InChI=1S/C6H6.C2H4.HI/c1-2-4-6-5-3-1;1-2;/h1-6H;1-2H2;1H. The molecule has 0 N–H and O–H groups in total. The minimum atomic E-state index is 0. The van der Waals surface area contributed by atoms with Gasteiger partial charge in [0.05, 0.1) is 0 Å². The van der Waals surface area contributed by atoms with E-state index in [1.165, 1.54) is 0 Å². The number of hydrogen-bond acceptors (Lipinski definition) is 0. The summed E-state index contributed by atoms with van der Waals surface area (Å²) in [7, 11) is 0. The van der Waals surface area contributed by atoms with Crippen LogP contribution in [0.5, 0.6) is 0 Å². The Bertz CT molecular complexity index is 87.4. The summed E-state index contributed by atoms with van der Waals surface area (Å²) in [4.78, 5) is 0. The Morgan fingerprint density at radius 3 is 0.778 bits per heavy atom. The maximum Gasteiger partial charge on any atom is -0.0623 e. The van der Waals surface area contributed by atoms with E-state index in [0.717, 1.165) is 0 Å². The van der Waals surface area contributed by atoms with Crippen molar-refractivity contribution in [2.75, 3.05) is 0 Å². The molecule has 0 aliphatic heterocycles. The zero-order valence-electron chi connectivity index (χ0n) is 5.29. The second-order valence-corrected chi connectivity index (χ2v) is 1.15. The van der Waals surface area contributed by atoms with E-state index in [1.807, 2.05) is 36.4 Å². The highest BCUT2D eigenvalue weighted by Crippen LogP contribution is 1.79. The van der Waals surface area contributed by atoms with Crippen molar-refractivity contribution in [3.05, 3.63) is 49.6 Å². The first-order valence-electron chi connectivity index (χ1n) is 2.50. The van der Waals surface area contributed by atoms with Crippen LogP contribution in [0.25, 0.3) is 0 Å². The van der Waals surface area contributed by atoms with Crippen LogP contribution in [0.2, 0.25) is 0 Å². The summed E-state index contributed by atoms with van der Waals surface area (Å²) in [6.45, 7) is 6.00. The van der Waals surface area contributed by atoms with Gasteiger partial charge in [-0.3, -0.25) is 0 Å². The second kappa shape index (κ2) is 10.6. The van der Waals surface area contributed by atoms with Crippen LogP contribution in [0.3, 0.4) is 0 Å². The van der Waals surface area contributed by atoms with Crippen LogP contribution in [0.1, 0.15) is 0 Å². The van der Waals surface area contributed by atoms with Crippen LogP contribution in [0, 0.1) is 0 Å². The first-order valence-corrected chi connectivity index (χ1v) is 2.50. The Balaban J connectivity index is 0. The maximum atomic E-state index is 3.00. The fraction of sp³-hybridized carbons (Fsp3) is 0. The molecule has 50 valence electrons. The van der Waals surface area contributed by atoms with Crippen LogP contribution in [0.4, 0.5) is 0 Å². The van der Waals surface area contributed by atoms with Crippen molar-refractivity contribution in [2.24, 2.45) is 0 Å². The van der Waals surface area contributed by atoms with Crippen LogP contribution < -0.4 is 0 Å². The smallest absolute Gasteiger partial charge is 0.0623 e. The summed E-state index contributed by atoms with van der Waals surface area (Å²) in [6, 6.07) is 12.0. The Kier molecular flexibility index (Phi) is 13.6. The molecule has 0 atom stereocenters. The van der Waals surface area contributed by atoms with E-state index in [4.69, 9.17) is 0 Å². The van der Waals surface area contributed by atoms with Crippen LogP contribution >= 0.6 is 24.0 Å². The SMILES string of the molecule is C=C.I.c1ccccc1. The molecule has 0 radical (unpaired) electrons. The Hall–Kier alpha value is -0.310. The van der Waals surface area contributed by atoms with E-state index in [1.54, 1.807) is 0 Å². The van der Waals surface area contributed by atoms with Gasteiger partial charge in [0.2, 0.25) is 0 Å². The second-order valence-electron chi connectivity index (χ2n) is 1.15. The molecular weight excluding hydrogens is 223 g/mol. The van der Waals surface area contributed by atoms with Gasteiger partial charge >= 0.3 is 0 Å². The summed E-state index contributed by atoms with van der Waals surface area (Å²) < 4.78 is 0. The third-order valence-electron chi connectivity index (χ3n) is 0.667. The summed E-state index contributed by atoms with van der Waals surface area (Å²) in [5, 5.41) is 0. The molecule has 0 aliphatic rings. The van der Waals surface area contributed by atoms with Crippen LogP contribution in [-0.2, 0) is 0 Å². The molecule has 0 saturated carbocycles. The van der Waals surface area contributed by atoms with Crippen molar-refractivity contribution in [3.8, 4) is 0 Å². The number of hydrogen-bond donors (Lipinski definition) is 0. The van der Waals surface area contributed by atoms with E-state index in [0.29, 0.717) is 0 Å². The summed E-state index contributed by atoms with van der Waals surface area (Å²) in [5.41, 5.74) is 0. The lowest BCUT2D eigenvalue weighted by molar-refractivity contribution is 1.72. The van der Waals surface area contributed by atoms with E-state index < -0.39 is 0 Å². The molecule has 0 unspecified atom stereocenters. The monoisotopic (exact) mass is 234 g/mol. The van der Waals surface area contributed by atoms with E-state index in [9.17, 15) is 0 Å². The summed E-state index contributed by atoms with van der Waals surface area (Å²) in [5.74, 6) is 0. The Morgan fingerprint density at radius 1 is 0.556 bits per heavy atom. The van der Waals surface area contributed by atoms with Crippen LogP contribution in [0.15, 0.2) is 49.6 Å². The van der Waals surface area contributed by atoms with Gasteiger partial charge in [-0.15, -0.1) is 37.1 Å². The Morgan fingerprint density at radius 2 is 0.667 bits per heavy atom. The molecule has 0 saturated heterocycles. The molecule has 0 aliphatic carbocycles. The quantitative estimate of drug-likeness (QED) is 0.478. The highest BCUT2D eigenvalue weighted by atomic mass is 127. The largest absolute Gasteiger partial charge is 0.107 e. The van der Waals surface area contributed by atoms with Gasteiger partial charge in [0.15, 0.2) is 0 Å². The van der Waals surface area contributed by atoms with E-state index in [2.05, 4.69) is 13.2 Å². The molecule has 0 fully saturated rings. The molecule has 1 aromatic rings. The molecule has 0 aromatic heterocycles. The average molecular weight is 234 g/mol. The first kappa shape index (κ1) is 11.5. The van der Waals surface area contributed by atoms with Crippen LogP contribution in [-0.4, -0.2) is 0 Å². The highest BCUT2D eigenvalue weighted by Gasteiger charge is 1.57. The van der Waals surface area contributed by atoms with Gasteiger partial charge in [-0.1, -0.05) is 36.4 Å². The molecule has 0 nitrogen and oxygen atoms in total. The summed E-state index contributed by atoms with van der Waals surface area (Å²) >= 11 is 0. The number of halogens is 1. The molecule has 1 rings (SSSR count). The lowest BCUT2D eigenvalue weighted by Crippen LogP contribution is -1.47. The van der Waals surface area contributed by atoms with Crippen molar-refractivity contribution >= 4 is 24.0 Å². The van der Waals surface area contributed by atoms with E-state index in [-0.39, 0.29) is 24.0 Å². The molecule has 1 aromatic carbocycles. The molecular formula is C8H11I. The third kappa shape index (κ3) is 7.69. The molecule has 1 heteroatoms. The maximum absolute atomic E-state index is 3.00. The minimum absolute atomic E-state index is 0. The first-order chi connectivity index (χ1) is 4.00. The van der Waals surface area contributed by atoms with E-state index >= 15 is 0 Å². The number of benzene rings is 1. The van der Waals surface area contributed by atoms with Gasteiger partial charge in [0, 0.05) is 0 Å². The van der Waals surface area contributed by atoms with Gasteiger partial charge in [-0.25, -0.2) is 0 Å². The third-order valence-corrected chi connectivity index (χ3v) is 0.667. The predicted octanol–water partition coefficient (Wildman–Crippen LogP) is 3.11. The number of rotatable bonds is 0. The molecule has 9 heavy (non-hydrogen) atoms. The van der Waals surface area contributed by atoms with Crippen molar-refractivity contribution in [3.63, 3.8) is 0 Å². The molecule has 0 bridgehead atoms. The van der Waals surface area contributed by atoms with Gasteiger partial charge in [-0.05, 0) is 0 Å². The molecule has 0 spiro atoms. The normalized spacial score (nSPS) is 5.78. The average Bonchev–Trinajstić information content (AvgIpc) is 1.96. The van der Waals surface area contributed by atoms with Crippen molar-refractivity contribution in [1.82, 2.24) is 0 Å². The predicted molar refractivity (Wildman–Crippen MR) is 53.1 cm³/mol. The topological polar surface area (TPSA) is 0 Å². The fourth-order valence-electron chi connectivity index (χ4n) is 0.385. The zero-order valence-corrected chi connectivity index (χ0v) is 7.62. The molecule has 0 heterocycles. The minimum Gasteiger partial charge on any atom is -0.107 e. The fourth-order valence-corrected chi connectivity index (χ4v) is 0.385. The molecule has 0 amide bonds. The van der Waals surface area contributed by atoms with Gasteiger partial charge in [-0.2, -0.15) is 0 Å². The van der Waals surface area contributed by atoms with Crippen molar-refractivity contribution in [2.45, 2.75) is 0 Å². The highest BCUT2D eigenvalue weighted by molar-refractivity contribution is 14.0. The van der Waals surface area contributed by atoms with Gasteiger partial charge < -0.3 is 0 Å². The lowest BCUT2D eigenvalue weighted by Gasteiger charge is -1.69. The van der Waals surface area contributed by atoms with Gasteiger partial charge in [0.1, 0.15) is 0 Å².